The molecule has 3 heterocycles. The monoisotopic (exact) mass is 733 g/mol. The van der Waals surface area contributed by atoms with E-state index < -0.39 is 0 Å². The molecule has 3 aromatic heterocycles. The number of allylic oxidation sites excluding steroid dienone is 9. The molecule has 0 aliphatic heterocycles. The van der Waals surface area contributed by atoms with Crippen LogP contribution in [0, 0.1) is 5.92 Å². The van der Waals surface area contributed by atoms with Crippen LogP contribution in [0.1, 0.15) is 22.8 Å². The van der Waals surface area contributed by atoms with Crippen LogP contribution >= 0.6 is 11.3 Å². The summed E-state index contributed by atoms with van der Waals surface area (Å²) in [6, 6.07) is 46.8. The molecule has 0 amide bonds. The molecule has 12 rings (SSSR count). The van der Waals surface area contributed by atoms with Crippen LogP contribution in [-0.2, 0) is 0 Å². The average molecular weight is 734 g/mol. The number of hydrogen-bond donors (Lipinski definition) is 0. The molecule has 9 aromatic rings. The standard InChI is InChI=1S/C51H31N3OS/c1-2-14-31(15-3-1)49-52-50(54-51(53-49)40-21-12-24-44-46(40)39-20-9-11-23-43(39)56-44)37-28-27-36(34-17-6-7-18-35(34)37)41-29-32-26-25-30-13-4-5-16-33(30)45(32)48-47(41)38-19-8-10-22-42(38)55-48/h1-29,33,45H. The number of thiophene rings is 1. The van der Waals surface area contributed by atoms with Gasteiger partial charge in [-0.15, -0.1) is 11.3 Å². The highest BCUT2D eigenvalue weighted by Gasteiger charge is 2.38. The number of nitrogens with zero attached hydrogens (tertiary/aromatic N) is 3. The molecule has 2 atom stereocenters. The lowest BCUT2D eigenvalue weighted by Crippen LogP contribution is -2.21. The van der Waals surface area contributed by atoms with Crippen molar-refractivity contribution in [2.45, 2.75) is 5.92 Å². The highest BCUT2D eigenvalue weighted by atomic mass is 32.1. The van der Waals surface area contributed by atoms with Crippen molar-refractivity contribution in [2.75, 3.05) is 0 Å². The van der Waals surface area contributed by atoms with E-state index in [2.05, 4.69) is 158 Å². The lowest BCUT2D eigenvalue weighted by atomic mass is 9.69. The highest BCUT2D eigenvalue weighted by molar-refractivity contribution is 7.25. The molecular weight excluding hydrogens is 703 g/mol. The second kappa shape index (κ2) is 12.3. The largest absolute Gasteiger partial charge is 0.460 e. The van der Waals surface area contributed by atoms with Crippen molar-refractivity contribution in [3.8, 4) is 34.2 Å². The molecule has 0 saturated carbocycles. The van der Waals surface area contributed by atoms with Crippen molar-refractivity contribution in [1.29, 1.82) is 0 Å². The van der Waals surface area contributed by atoms with Crippen LogP contribution < -0.4 is 0 Å². The third kappa shape index (κ3) is 4.74. The fraction of sp³-hybridized carbons (Fsp3) is 0.0392. The Bertz CT molecular complexity index is 3270. The number of benzene rings is 6. The molecular formula is C51H31N3OS. The summed E-state index contributed by atoms with van der Waals surface area (Å²) < 4.78 is 9.30. The van der Waals surface area contributed by atoms with Crippen molar-refractivity contribution in [3.63, 3.8) is 0 Å². The van der Waals surface area contributed by atoms with Crippen LogP contribution in [0.15, 0.2) is 192 Å². The summed E-state index contributed by atoms with van der Waals surface area (Å²) in [4.78, 5) is 15.7. The van der Waals surface area contributed by atoms with E-state index in [1.165, 1.54) is 42.5 Å². The summed E-state index contributed by atoms with van der Waals surface area (Å²) in [5.41, 5.74) is 9.89. The minimum absolute atomic E-state index is 0.109. The summed E-state index contributed by atoms with van der Waals surface area (Å²) in [5.74, 6) is 3.32. The van der Waals surface area contributed by atoms with Gasteiger partial charge < -0.3 is 4.42 Å². The maximum atomic E-state index is 6.83. The number of rotatable bonds is 4. The first-order chi connectivity index (χ1) is 27.8. The zero-order valence-corrected chi connectivity index (χ0v) is 30.9. The Morgan fingerprint density at radius 3 is 2.07 bits per heavy atom. The lowest BCUT2D eigenvalue weighted by Gasteiger charge is -2.34. The van der Waals surface area contributed by atoms with E-state index in [1.807, 2.05) is 18.2 Å². The third-order valence-corrected chi connectivity index (χ3v) is 12.7. The topological polar surface area (TPSA) is 51.8 Å². The molecule has 262 valence electrons. The Morgan fingerprint density at radius 1 is 0.518 bits per heavy atom. The molecule has 0 saturated heterocycles. The molecule has 0 radical (unpaired) electrons. The summed E-state index contributed by atoms with van der Waals surface area (Å²) >= 11 is 1.80. The molecule has 0 spiro atoms. The van der Waals surface area contributed by atoms with E-state index in [4.69, 9.17) is 19.4 Å². The first-order valence-corrected chi connectivity index (χ1v) is 19.8. The number of fused-ring (bicyclic) bond motifs is 11. The smallest absolute Gasteiger partial charge is 0.164 e. The number of para-hydroxylation sites is 1. The lowest BCUT2D eigenvalue weighted by molar-refractivity contribution is 0.478. The van der Waals surface area contributed by atoms with E-state index in [1.54, 1.807) is 11.3 Å². The zero-order valence-electron chi connectivity index (χ0n) is 30.1. The number of furan rings is 1. The predicted octanol–water partition coefficient (Wildman–Crippen LogP) is 13.3. The predicted molar refractivity (Wildman–Crippen MR) is 230 cm³/mol. The Hall–Kier alpha value is -6.95. The number of hydrogen-bond acceptors (Lipinski definition) is 5. The molecule has 0 bridgehead atoms. The molecule has 2 unspecified atom stereocenters. The highest BCUT2D eigenvalue weighted by Crippen LogP contribution is 2.53. The molecule has 5 heteroatoms. The molecule has 4 nitrogen and oxygen atoms in total. The van der Waals surface area contributed by atoms with Gasteiger partial charge in [0.1, 0.15) is 11.3 Å². The van der Waals surface area contributed by atoms with Gasteiger partial charge in [-0.25, -0.2) is 15.0 Å². The van der Waals surface area contributed by atoms with E-state index in [-0.39, 0.29) is 11.8 Å². The Balaban J connectivity index is 1.08. The molecule has 56 heavy (non-hydrogen) atoms. The van der Waals surface area contributed by atoms with Crippen LogP contribution in [-0.4, -0.2) is 15.0 Å². The van der Waals surface area contributed by atoms with Gasteiger partial charge >= 0.3 is 0 Å². The van der Waals surface area contributed by atoms with E-state index in [9.17, 15) is 0 Å². The molecule has 6 aromatic carbocycles. The Kier molecular flexibility index (Phi) is 6.89. The third-order valence-electron chi connectivity index (χ3n) is 11.5. The van der Waals surface area contributed by atoms with Crippen LogP contribution in [0.4, 0.5) is 0 Å². The van der Waals surface area contributed by atoms with Gasteiger partial charge in [0.15, 0.2) is 17.5 Å². The Labute approximate surface area is 326 Å². The second-order valence-electron chi connectivity index (χ2n) is 14.6. The maximum Gasteiger partial charge on any atom is 0.164 e. The van der Waals surface area contributed by atoms with Gasteiger partial charge in [-0.3, -0.25) is 0 Å². The Morgan fingerprint density at radius 2 is 1.20 bits per heavy atom. The van der Waals surface area contributed by atoms with Gasteiger partial charge in [0.05, 0.1) is 5.92 Å². The first-order valence-electron chi connectivity index (χ1n) is 19.0. The quantitative estimate of drug-likeness (QED) is 0.181. The maximum absolute atomic E-state index is 6.83. The van der Waals surface area contributed by atoms with Gasteiger partial charge in [0.2, 0.25) is 0 Å². The minimum atomic E-state index is 0.109. The van der Waals surface area contributed by atoms with Gasteiger partial charge in [-0.2, -0.15) is 0 Å². The van der Waals surface area contributed by atoms with Crippen molar-refractivity contribution in [1.82, 2.24) is 15.0 Å². The number of aromatic nitrogens is 3. The average Bonchev–Trinajstić information content (AvgIpc) is 3.85. The van der Waals surface area contributed by atoms with Crippen molar-refractivity contribution in [2.24, 2.45) is 5.92 Å². The van der Waals surface area contributed by atoms with E-state index in [0.717, 1.165) is 49.8 Å². The summed E-state index contributed by atoms with van der Waals surface area (Å²) in [5, 5.41) is 5.74. The molecule has 0 fully saturated rings. The summed E-state index contributed by atoms with van der Waals surface area (Å²) in [7, 11) is 0. The molecule has 3 aliphatic rings. The fourth-order valence-electron chi connectivity index (χ4n) is 9.03. The zero-order chi connectivity index (χ0) is 36.7. The molecule has 0 N–H and O–H groups in total. The van der Waals surface area contributed by atoms with Crippen LogP contribution in [0.25, 0.3) is 81.7 Å². The SMILES string of the molecule is C1=CC2=CC=C3C=C(c4ccc(-c5nc(-c6ccccc6)nc(-c6cccc7sc8ccccc8c67)n5)c5ccccc45)c4c(oc5ccccc45)C3C2C=C1. The minimum Gasteiger partial charge on any atom is -0.460 e. The molecule has 3 aliphatic carbocycles. The van der Waals surface area contributed by atoms with Crippen LogP contribution in [0.5, 0.6) is 0 Å². The normalized spacial score (nSPS) is 17.1. The summed E-state index contributed by atoms with van der Waals surface area (Å²) in [6.45, 7) is 0. The van der Waals surface area contributed by atoms with Gasteiger partial charge in [-0.1, -0.05) is 146 Å². The fourth-order valence-corrected chi connectivity index (χ4v) is 10.2. The van der Waals surface area contributed by atoms with Gasteiger partial charge in [0.25, 0.3) is 0 Å². The van der Waals surface area contributed by atoms with Crippen molar-refractivity contribution < 1.29 is 4.42 Å². The van der Waals surface area contributed by atoms with Crippen molar-refractivity contribution >= 4 is 58.8 Å². The summed E-state index contributed by atoms with van der Waals surface area (Å²) in [6.07, 6.45) is 15.8. The second-order valence-corrected chi connectivity index (χ2v) is 15.7. The van der Waals surface area contributed by atoms with Gasteiger partial charge in [0, 0.05) is 53.7 Å². The van der Waals surface area contributed by atoms with E-state index >= 15 is 0 Å². The van der Waals surface area contributed by atoms with Crippen LogP contribution in [0.3, 0.4) is 0 Å². The van der Waals surface area contributed by atoms with Crippen molar-refractivity contribution in [3.05, 3.63) is 204 Å². The first kappa shape index (κ1) is 31.4. The van der Waals surface area contributed by atoms with Crippen LogP contribution in [0.2, 0.25) is 0 Å². The van der Waals surface area contributed by atoms with E-state index in [0.29, 0.717) is 17.5 Å². The van der Waals surface area contributed by atoms with Gasteiger partial charge in [-0.05, 0) is 63.4 Å².